The molecule has 1 N–H and O–H groups in total. The molecule has 0 aliphatic heterocycles. The first kappa shape index (κ1) is 12.0. The maximum atomic E-state index is 11.9. The zero-order valence-corrected chi connectivity index (χ0v) is 9.78. The number of carboxylic acid groups (broad SMARTS) is 1. The minimum absolute atomic E-state index is 0.0331. The zero-order chi connectivity index (χ0) is 11.8. The molecule has 0 heterocycles. The zero-order valence-electron chi connectivity index (χ0n) is 9.78. The molecule has 86 valence electrons. The second-order valence-corrected chi connectivity index (χ2v) is 4.87. The van der Waals surface area contributed by atoms with E-state index in [-0.39, 0.29) is 17.2 Å². The van der Waals surface area contributed by atoms with Crippen LogP contribution in [0.2, 0.25) is 0 Å². The molecule has 0 aromatic rings. The Labute approximate surface area is 90.3 Å². The van der Waals surface area contributed by atoms with Crippen LogP contribution in [0.25, 0.3) is 0 Å². The van der Waals surface area contributed by atoms with E-state index < -0.39 is 11.9 Å². The molecule has 2 atom stereocenters. The smallest absolute Gasteiger partial charge is 0.307 e. The molecule has 1 rings (SSSR count). The van der Waals surface area contributed by atoms with E-state index in [2.05, 4.69) is 0 Å². The van der Waals surface area contributed by atoms with Gasteiger partial charge in [-0.25, -0.2) is 0 Å². The fraction of sp³-hybridized carbons (Fsp3) is 0.818. The van der Waals surface area contributed by atoms with Crippen molar-refractivity contribution in [3.8, 4) is 0 Å². The van der Waals surface area contributed by atoms with Crippen LogP contribution >= 0.6 is 0 Å². The summed E-state index contributed by atoms with van der Waals surface area (Å²) in [6.07, 6.45) is 0.896. The van der Waals surface area contributed by atoms with Crippen LogP contribution in [0.3, 0.4) is 0 Å². The highest BCUT2D eigenvalue weighted by molar-refractivity contribution is 5.91. The van der Waals surface area contributed by atoms with Gasteiger partial charge < -0.3 is 10.0 Å². The van der Waals surface area contributed by atoms with Crippen LogP contribution in [-0.4, -0.2) is 35.5 Å². The van der Waals surface area contributed by atoms with Crippen molar-refractivity contribution in [2.45, 2.75) is 27.2 Å². The Balaban J connectivity index is 2.67. The lowest BCUT2D eigenvalue weighted by molar-refractivity contribution is -0.141. The minimum Gasteiger partial charge on any atom is -0.481 e. The molecule has 0 spiro atoms. The van der Waals surface area contributed by atoms with Gasteiger partial charge in [0.25, 0.3) is 0 Å². The summed E-state index contributed by atoms with van der Waals surface area (Å²) in [5.74, 6) is -1.74. The summed E-state index contributed by atoms with van der Waals surface area (Å²) in [4.78, 5) is 24.4. The summed E-state index contributed by atoms with van der Waals surface area (Å²) in [5, 5.41) is 8.95. The molecular formula is C11H19NO3. The Morgan fingerprint density at radius 1 is 1.33 bits per heavy atom. The molecule has 4 nitrogen and oxygen atoms in total. The van der Waals surface area contributed by atoms with Gasteiger partial charge in [-0.2, -0.15) is 0 Å². The lowest BCUT2D eigenvalue weighted by Crippen LogP contribution is -2.30. The number of aliphatic carboxylic acids is 1. The van der Waals surface area contributed by atoms with Crippen LogP contribution in [0.1, 0.15) is 27.2 Å². The van der Waals surface area contributed by atoms with Crippen molar-refractivity contribution in [1.82, 2.24) is 4.90 Å². The number of rotatable bonds is 4. The Kier molecular flexibility index (Phi) is 3.07. The van der Waals surface area contributed by atoms with E-state index in [4.69, 9.17) is 5.11 Å². The Bertz CT molecular complexity index is 286. The van der Waals surface area contributed by atoms with Gasteiger partial charge in [-0.15, -0.1) is 0 Å². The first-order valence-electron chi connectivity index (χ1n) is 5.31. The van der Waals surface area contributed by atoms with Crippen LogP contribution < -0.4 is 0 Å². The highest BCUT2D eigenvalue weighted by Crippen LogP contribution is 2.58. The third-order valence-corrected chi connectivity index (χ3v) is 3.29. The topological polar surface area (TPSA) is 57.6 Å². The molecule has 1 amide bonds. The lowest BCUT2D eigenvalue weighted by Gasteiger charge is -2.16. The van der Waals surface area contributed by atoms with Gasteiger partial charge in [0.15, 0.2) is 0 Å². The quantitative estimate of drug-likeness (QED) is 0.763. The Morgan fingerprint density at radius 3 is 2.20 bits per heavy atom. The summed E-state index contributed by atoms with van der Waals surface area (Å²) in [6, 6.07) is 0. The largest absolute Gasteiger partial charge is 0.481 e. The maximum absolute atomic E-state index is 11.9. The molecule has 0 aromatic heterocycles. The van der Waals surface area contributed by atoms with Gasteiger partial charge in [0.1, 0.15) is 0 Å². The third kappa shape index (κ3) is 1.98. The predicted octanol–water partition coefficient (Wildman–Crippen LogP) is 1.21. The molecule has 0 aromatic carbocycles. The molecule has 1 aliphatic rings. The van der Waals surface area contributed by atoms with Crippen molar-refractivity contribution >= 4 is 11.9 Å². The van der Waals surface area contributed by atoms with Crippen molar-refractivity contribution in [1.29, 1.82) is 0 Å². The van der Waals surface area contributed by atoms with Gasteiger partial charge in [-0.05, 0) is 11.8 Å². The summed E-state index contributed by atoms with van der Waals surface area (Å²) < 4.78 is 0. The second-order valence-electron chi connectivity index (χ2n) is 4.87. The maximum Gasteiger partial charge on any atom is 0.307 e. The Morgan fingerprint density at radius 2 is 1.87 bits per heavy atom. The van der Waals surface area contributed by atoms with E-state index in [1.807, 2.05) is 20.8 Å². The normalized spacial score (nSPS) is 27.2. The minimum atomic E-state index is -0.858. The fourth-order valence-electron chi connectivity index (χ4n) is 2.24. The van der Waals surface area contributed by atoms with Crippen molar-refractivity contribution in [2.75, 3.05) is 13.6 Å². The van der Waals surface area contributed by atoms with Crippen molar-refractivity contribution in [3.05, 3.63) is 0 Å². The van der Waals surface area contributed by atoms with E-state index in [0.717, 1.165) is 6.42 Å². The highest BCUT2D eigenvalue weighted by Gasteiger charge is 2.66. The molecule has 1 aliphatic carbocycles. The van der Waals surface area contributed by atoms with Crippen LogP contribution in [0.15, 0.2) is 0 Å². The standard InChI is InChI=1S/C11H19NO3/c1-5-6-12(4)9(13)7-8(10(14)15)11(7,2)3/h7-8H,5-6H2,1-4H3,(H,14,15). The first-order valence-corrected chi connectivity index (χ1v) is 5.31. The number of amides is 1. The summed E-state index contributed by atoms with van der Waals surface area (Å²) >= 11 is 0. The average Bonchev–Trinajstić information content (AvgIpc) is 2.68. The van der Waals surface area contributed by atoms with Crippen LogP contribution in [0, 0.1) is 17.3 Å². The second kappa shape index (κ2) is 3.83. The fourth-order valence-corrected chi connectivity index (χ4v) is 2.24. The molecule has 0 saturated heterocycles. The molecule has 4 heteroatoms. The van der Waals surface area contributed by atoms with Gasteiger partial charge in [-0.1, -0.05) is 20.8 Å². The highest BCUT2D eigenvalue weighted by atomic mass is 16.4. The molecule has 0 bridgehead atoms. The molecule has 1 fully saturated rings. The van der Waals surface area contributed by atoms with E-state index in [9.17, 15) is 9.59 Å². The van der Waals surface area contributed by atoms with Crippen LogP contribution in [0.5, 0.6) is 0 Å². The van der Waals surface area contributed by atoms with Crippen LogP contribution in [0.4, 0.5) is 0 Å². The van der Waals surface area contributed by atoms with Gasteiger partial charge in [-0.3, -0.25) is 9.59 Å². The summed E-state index contributed by atoms with van der Waals surface area (Å²) in [6.45, 7) is 6.37. The predicted molar refractivity (Wildman–Crippen MR) is 56.3 cm³/mol. The lowest BCUT2D eigenvalue weighted by atomic mass is 10.1. The first-order chi connectivity index (χ1) is 6.84. The average molecular weight is 213 g/mol. The molecule has 1 saturated carbocycles. The van der Waals surface area contributed by atoms with E-state index in [1.54, 1.807) is 11.9 Å². The number of carbonyl (C=O) groups excluding carboxylic acids is 1. The monoisotopic (exact) mass is 213 g/mol. The third-order valence-electron chi connectivity index (χ3n) is 3.29. The SMILES string of the molecule is CCCN(C)C(=O)C1C(C(=O)O)C1(C)C. The van der Waals surface area contributed by atoms with Gasteiger partial charge in [0.2, 0.25) is 5.91 Å². The van der Waals surface area contributed by atoms with Gasteiger partial charge in [0, 0.05) is 13.6 Å². The number of hydrogen-bond donors (Lipinski definition) is 1. The van der Waals surface area contributed by atoms with Crippen molar-refractivity contribution in [2.24, 2.45) is 17.3 Å². The van der Waals surface area contributed by atoms with Gasteiger partial charge in [0.05, 0.1) is 11.8 Å². The Hall–Kier alpha value is -1.06. The number of nitrogens with zero attached hydrogens (tertiary/aromatic N) is 1. The molecule has 2 unspecified atom stereocenters. The molecule has 15 heavy (non-hydrogen) atoms. The number of carbonyl (C=O) groups is 2. The number of hydrogen-bond acceptors (Lipinski definition) is 2. The summed E-state index contributed by atoms with van der Waals surface area (Å²) in [5.41, 5.74) is -0.384. The van der Waals surface area contributed by atoms with Gasteiger partial charge >= 0.3 is 5.97 Å². The van der Waals surface area contributed by atoms with E-state index >= 15 is 0 Å². The van der Waals surface area contributed by atoms with E-state index in [0.29, 0.717) is 6.54 Å². The molecular weight excluding hydrogens is 194 g/mol. The summed E-state index contributed by atoms with van der Waals surface area (Å²) in [7, 11) is 1.74. The van der Waals surface area contributed by atoms with Crippen molar-refractivity contribution < 1.29 is 14.7 Å². The van der Waals surface area contributed by atoms with E-state index in [1.165, 1.54) is 0 Å². The molecule has 0 radical (unpaired) electrons. The van der Waals surface area contributed by atoms with Crippen molar-refractivity contribution in [3.63, 3.8) is 0 Å². The van der Waals surface area contributed by atoms with Crippen LogP contribution in [-0.2, 0) is 9.59 Å². The number of carboxylic acids is 1.